The largest absolute Gasteiger partial charge is 0.494 e. The minimum absolute atomic E-state index is 0.0510. The molecule has 0 aliphatic rings. The van der Waals surface area contributed by atoms with Crippen LogP contribution in [0, 0.1) is 13.8 Å². The number of carboxylic acid groups (broad SMARTS) is 1. The first kappa shape index (κ1) is 47.1. The summed E-state index contributed by atoms with van der Waals surface area (Å²) in [6, 6.07) is 5.19. The molecule has 0 radical (unpaired) electrons. The molecule has 10 N–H and O–H groups in total. The van der Waals surface area contributed by atoms with Crippen LogP contribution in [0.15, 0.2) is 58.6 Å². The number of pyridine rings is 1. The molecule has 4 rings (SSSR count). The summed E-state index contributed by atoms with van der Waals surface area (Å²) in [4.78, 5) is 67.1. The highest BCUT2D eigenvalue weighted by Crippen LogP contribution is 2.33. The Kier molecular flexibility index (Phi) is 16.2. The van der Waals surface area contributed by atoms with Gasteiger partial charge in [-0.25, -0.2) is 13.4 Å². The summed E-state index contributed by atoms with van der Waals surface area (Å²) in [7, 11) is -3.42. The Balaban J connectivity index is 1.29. The number of nitrogens with zero attached hydrogens (tertiary/aromatic N) is 3. The van der Waals surface area contributed by atoms with Crippen LogP contribution in [0.5, 0.6) is 5.75 Å². The molecule has 2 atom stereocenters. The summed E-state index contributed by atoms with van der Waals surface area (Å²) >= 11 is 0. The number of ether oxygens (including phenoxy) is 1. The van der Waals surface area contributed by atoms with Crippen LogP contribution in [0.2, 0.25) is 0 Å². The Hall–Kier alpha value is -5.56. The summed E-state index contributed by atoms with van der Waals surface area (Å²) in [5, 5.41) is 23.4. The van der Waals surface area contributed by atoms with Gasteiger partial charge in [0.25, 0.3) is 5.91 Å². The normalized spacial score (nSPS) is 13.0. The number of sulfonamides is 1. The van der Waals surface area contributed by atoms with Crippen molar-refractivity contribution < 1.29 is 51.1 Å². The third kappa shape index (κ3) is 13.0. The number of rotatable bonds is 22. The molecule has 3 amide bonds. The summed E-state index contributed by atoms with van der Waals surface area (Å²) < 4.78 is 65.8. The molecule has 0 saturated carbocycles. The predicted molar refractivity (Wildman–Crippen MR) is 224 cm³/mol. The third-order valence-electron chi connectivity index (χ3n) is 9.15. The number of aromatic nitrogens is 3. The maximum absolute atomic E-state index is 13.5. The molecule has 0 unspecified atom stereocenters. The van der Waals surface area contributed by atoms with E-state index in [9.17, 15) is 37.5 Å². The summed E-state index contributed by atoms with van der Waals surface area (Å²) in [5.41, 5.74) is 1.05. The summed E-state index contributed by atoms with van der Waals surface area (Å²) in [6.45, 7) is 2.99. The zero-order valence-corrected chi connectivity index (χ0v) is 35.3. The zero-order chi connectivity index (χ0) is 44.4. The number of carbonyl (C=O) groups is 4. The number of aliphatic carboxylic acids is 1. The number of fused-ring (bicyclic) bond motifs is 1. The zero-order valence-electron chi connectivity index (χ0n) is 33.6. The fourth-order valence-corrected chi connectivity index (χ4v) is 8.59. The van der Waals surface area contributed by atoms with E-state index in [0.717, 1.165) is 5.56 Å². The number of likely N-dealkylation sites (N-methyl/N-ethyl adjacent to an activating group) is 1. The minimum atomic E-state index is -4.46. The second kappa shape index (κ2) is 20.6. The molecule has 328 valence electrons. The molecule has 0 saturated heterocycles. The van der Waals surface area contributed by atoms with Gasteiger partial charge in [-0.3, -0.25) is 24.0 Å². The van der Waals surface area contributed by atoms with Gasteiger partial charge in [0.1, 0.15) is 23.4 Å². The van der Waals surface area contributed by atoms with E-state index in [1.54, 1.807) is 42.2 Å². The molecular formula is C37H51N9O12S2. The lowest BCUT2D eigenvalue weighted by Gasteiger charge is -2.24. The number of carbonyl (C=O) groups excluding carboxylic acids is 3. The number of benzene rings is 2. The first-order valence-electron chi connectivity index (χ1n) is 18.5. The van der Waals surface area contributed by atoms with Crippen molar-refractivity contribution in [3.63, 3.8) is 0 Å². The van der Waals surface area contributed by atoms with Crippen LogP contribution in [0.1, 0.15) is 39.9 Å². The van der Waals surface area contributed by atoms with Crippen LogP contribution in [0.25, 0.3) is 10.9 Å². The van der Waals surface area contributed by atoms with Crippen molar-refractivity contribution >= 4 is 61.4 Å². The Labute approximate surface area is 347 Å². The summed E-state index contributed by atoms with van der Waals surface area (Å²) in [6.07, 6.45) is 5.15. The van der Waals surface area contributed by atoms with Crippen molar-refractivity contribution in [2.75, 3.05) is 44.4 Å². The van der Waals surface area contributed by atoms with E-state index in [1.807, 2.05) is 11.6 Å². The monoisotopic (exact) mass is 877 g/mol. The first-order chi connectivity index (χ1) is 28.2. The van der Waals surface area contributed by atoms with E-state index in [2.05, 4.69) is 36.3 Å². The molecule has 2 heterocycles. The topological polar surface area (TPSA) is 305 Å². The van der Waals surface area contributed by atoms with E-state index in [0.29, 0.717) is 23.8 Å². The average molecular weight is 878 g/mol. The lowest BCUT2D eigenvalue weighted by atomic mass is 10.1. The summed E-state index contributed by atoms with van der Waals surface area (Å²) in [5.74, 6) is -2.99. The highest BCUT2D eigenvalue weighted by atomic mass is 32.3. The van der Waals surface area contributed by atoms with Gasteiger partial charge < -0.3 is 59.2 Å². The molecule has 2 aromatic carbocycles. The molecular weight excluding hydrogens is 827 g/mol. The van der Waals surface area contributed by atoms with Gasteiger partial charge >= 0.3 is 5.97 Å². The molecule has 23 heteroatoms. The van der Waals surface area contributed by atoms with Crippen molar-refractivity contribution in [2.45, 2.75) is 50.2 Å². The molecule has 0 aliphatic heterocycles. The second-order valence-corrected chi connectivity index (χ2v) is 17.1. The lowest BCUT2D eigenvalue weighted by Crippen LogP contribution is -2.49. The van der Waals surface area contributed by atoms with Crippen LogP contribution in [0.3, 0.4) is 0 Å². The number of hydrogen-bond donors (Lipinski definition) is 10. The van der Waals surface area contributed by atoms with Crippen LogP contribution in [0.4, 0.5) is 5.95 Å². The number of aryl methyl sites for hydroxylation is 4. The molecule has 2 aromatic heterocycles. The van der Waals surface area contributed by atoms with Gasteiger partial charge in [0.15, 0.2) is 0 Å². The van der Waals surface area contributed by atoms with E-state index >= 15 is 0 Å². The van der Waals surface area contributed by atoms with Crippen LogP contribution < -0.4 is 41.5 Å². The number of imidazole rings is 1. The Morgan fingerprint density at radius 2 is 1.62 bits per heavy atom. The van der Waals surface area contributed by atoms with Crippen LogP contribution >= 0.6 is 10.9 Å². The Bertz CT molecular complexity index is 2360. The molecule has 0 aliphatic carbocycles. The highest BCUT2D eigenvalue weighted by molar-refractivity contribution is 8.19. The molecule has 4 aromatic rings. The van der Waals surface area contributed by atoms with Crippen LogP contribution in [-0.4, -0.2) is 116 Å². The SMILES string of the molecule is CN[C@@H](CS(O)(O)O)C(=O)NCCNC(=O)CCCOc1cc(C)c(S(=O)(=O)N[C@@H](CNC(=O)c2cn(C)c3cc(CNc4nccn4C)ccc3c2=O)C(=O)O)c(C)c1. The van der Waals surface area contributed by atoms with Gasteiger partial charge in [0.2, 0.25) is 33.2 Å². The Morgan fingerprint density at radius 1 is 0.933 bits per heavy atom. The van der Waals surface area contributed by atoms with Gasteiger partial charge in [0.05, 0.1) is 33.6 Å². The van der Waals surface area contributed by atoms with E-state index in [-0.39, 0.29) is 65.4 Å². The molecule has 0 fully saturated rings. The Morgan fingerprint density at radius 3 is 2.23 bits per heavy atom. The van der Waals surface area contributed by atoms with E-state index in [1.165, 1.54) is 39.2 Å². The van der Waals surface area contributed by atoms with E-state index in [4.69, 9.17) is 18.4 Å². The molecule has 0 spiro atoms. The first-order valence-corrected chi connectivity index (χ1v) is 21.7. The number of hydrogen-bond acceptors (Lipinski definition) is 14. The fourth-order valence-electron chi connectivity index (χ4n) is 6.19. The van der Waals surface area contributed by atoms with Crippen molar-refractivity contribution in [1.29, 1.82) is 0 Å². The van der Waals surface area contributed by atoms with Gasteiger partial charge in [-0.1, -0.05) is 6.07 Å². The number of nitrogens with one attached hydrogen (secondary N) is 6. The smallest absolute Gasteiger partial charge is 0.323 e. The molecule has 60 heavy (non-hydrogen) atoms. The molecule has 0 bridgehead atoms. The third-order valence-corrected chi connectivity index (χ3v) is 11.7. The maximum Gasteiger partial charge on any atom is 0.323 e. The average Bonchev–Trinajstić information content (AvgIpc) is 3.59. The number of amides is 3. The quantitative estimate of drug-likeness (QED) is 0.0490. The van der Waals surface area contributed by atoms with Crippen LogP contribution in [-0.2, 0) is 45.0 Å². The van der Waals surface area contributed by atoms with Gasteiger partial charge in [-0.15, -0.1) is 0 Å². The standard InChI is InChI=1S/C37H51N9O12S2/c1-22-15-25(58-14-6-7-31(47)39-10-11-40-35(50)29(38-3)21-59(53,54)55)16-23(2)33(22)60(56,57)44-28(36(51)52)19-42-34(49)27-20-46(5)30-17-24(8-9-26(30)32(27)48)18-43-37-41-12-13-45(37)4/h8-9,12-13,15-17,20,28-29,38,44,53-55H,6-7,10-11,14,18-19,21H2,1-5H3,(H,39,47)(H,40,50)(H,41,43)(H,42,49)(H,51,52)/t28-,29-/m0/s1. The second-order valence-electron chi connectivity index (χ2n) is 13.9. The molecule has 21 nitrogen and oxygen atoms in total. The number of carboxylic acids is 1. The van der Waals surface area contributed by atoms with Crippen molar-refractivity contribution in [3.8, 4) is 5.75 Å². The van der Waals surface area contributed by atoms with Gasteiger partial charge in [0, 0.05) is 70.7 Å². The van der Waals surface area contributed by atoms with Crippen molar-refractivity contribution in [1.82, 2.24) is 40.1 Å². The van der Waals surface area contributed by atoms with Gasteiger partial charge in [-0.05, 0) is 68.3 Å². The highest BCUT2D eigenvalue weighted by Gasteiger charge is 2.29. The lowest BCUT2D eigenvalue weighted by molar-refractivity contribution is -0.138. The van der Waals surface area contributed by atoms with Crippen molar-refractivity contribution in [3.05, 3.63) is 81.4 Å². The maximum atomic E-state index is 13.5. The predicted octanol–water partition coefficient (Wildman–Crippen LogP) is 0.865. The van der Waals surface area contributed by atoms with Gasteiger partial charge in [-0.2, -0.15) is 4.72 Å². The fraction of sp³-hybridized carbons (Fsp3) is 0.405. The van der Waals surface area contributed by atoms with E-state index < -0.39 is 68.5 Å². The minimum Gasteiger partial charge on any atom is -0.494 e. The van der Waals surface area contributed by atoms with Crippen molar-refractivity contribution in [2.24, 2.45) is 14.1 Å². The number of anilines is 1.